The summed E-state index contributed by atoms with van der Waals surface area (Å²) in [7, 11) is 0. The summed E-state index contributed by atoms with van der Waals surface area (Å²) >= 11 is 1.74. The first kappa shape index (κ1) is 12.3. The molecule has 3 nitrogen and oxygen atoms in total. The number of nitrogens with zero attached hydrogens (tertiary/aromatic N) is 2. The molecule has 0 aliphatic rings. The van der Waals surface area contributed by atoms with Gasteiger partial charge in [0.25, 0.3) is 0 Å². The van der Waals surface area contributed by atoms with E-state index in [2.05, 4.69) is 37.7 Å². The van der Waals surface area contributed by atoms with E-state index in [0.29, 0.717) is 17.0 Å². The minimum atomic E-state index is 0.319. The van der Waals surface area contributed by atoms with Crippen LogP contribution in [0.15, 0.2) is 5.03 Å². The van der Waals surface area contributed by atoms with Crippen LogP contribution in [0.25, 0.3) is 0 Å². The molecule has 0 bridgehead atoms. The first-order chi connectivity index (χ1) is 6.91. The molecular weight excluding hydrogens is 206 g/mol. The van der Waals surface area contributed by atoms with Gasteiger partial charge in [-0.3, -0.25) is 0 Å². The zero-order valence-electron chi connectivity index (χ0n) is 10.0. The molecule has 0 saturated carbocycles. The van der Waals surface area contributed by atoms with Crippen LogP contribution in [0.4, 0.5) is 5.82 Å². The molecule has 0 fully saturated rings. The smallest absolute Gasteiger partial charge is 0.134 e. The SMILES string of the molecule is Cc1c(N)nc(C(C)C)nc1SC(C)C. The van der Waals surface area contributed by atoms with Crippen LogP contribution >= 0.6 is 11.8 Å². The maximum absolute atomic E-state index is 5.87. The van der Waals surface area contributed by atoms with Gasteiger partial charge >= 0.3 is 0 Å². The van der Waals surface area contributed by atoms with Crippen LogP contribution in [0, 0.1) is 6.92 Å². The van der Waals surface area contributed by atoms with Crippen LogP contribution < -0.4 is 5.73 Å². The zero-order valence-corrected chi connectivity index (χ0v) is 10.9. The Morgan fingerprint density at radius 1 is 1.13 bits per heavy atom. The number of anilines is 1. The molecule has 84 valence electrons. The fraction of sp³-hybridized carbons (Fsp3) is 0.636. The summed E-state index contributed by atoms with van der Waals surface area (Å²) < 4.78 is 0. The minimum Gasteiger partial charge on any atom is -0.383 e. The molecule has 2 N–H and O–H groups in total. The molecule has 0 aliphatic heterocycles. The molecule has 0 unspecified atom stereocenters. The van der Waals surface area contributed by atoms with E-state index >= 15 is 0 Å². The number of rotatable bonds is 3. The van der Waals surface area contributed by atoms with Gasteiger partial charge in [0.05, 0.1) is 0 Å². The van der Waals surface area contributed by atoms with Gasteiger partial charge in [-0.2, -0.15) is 0 Å². The Balaban J connectivity index is 3.13. The van der Waals surface area contributed by atoms with E-state index in [4.69, 9.17) is 5.73 Å². The van der Waals surface area contributed by atoms with Crippen molar-refractivity contribution in [2.45, 2.75) is 50.8 Å². The monoisotopic (exact) mass is 225 g/mol. The van der Waals surface area contributed by atoms with Crippen LogP contribution in [-0.2, 0) is 0 Å². The molecule has 1 heterocycles. The van der Waals surface area contributed by atoms with Gasteiger partial charge in [-0.1, -0.05) is 27.7 Å². The van der Waals surface area contributed by atoms with E-state index in [9.17, 15) is 0 Å². The van der Waals surface area contributed by atoms with Gasteiger partial charge in [-0.15, -0.1) is 11.8 Å². The molecule has 1 aromatic rings. The summed E-state index contributed by atoms with van der Waals surface area (Å²) in [6.45, 7) is 10.4. The van der Waals surface area contributed by atoms with Crippen molar-refractivity contribution >= 4 is 17.6 Å². The summed E-state index contributed by atoms with van der Waals surface area (Å²) in [5.74, 6) is 1.76. The van der Waals surface area contributed by atoms with Crippen LogP contribution in [0.1, 0.15) is 45.0 Å². The zero-order chi connectivity index (χ0) is 11.6. The van der Waals surface area contributed by atoms with Crippen LogP contribution in [-0.4, -0.2) is 15.2 Å². The molecule has 0 aromatic carbocycles. The van der Waals surface area contributed by atoms with Gasteiger partial charge in [0.1, 0.15) is 16.7 Å². The second kappa shape index (κ2) is 4.84. The third kappa shape index (κ3) is 3.09. The second-order valence-corrected chi connectivity index (χ2v) is 5.78. The third-order valence-corrected chi connectivity index (χ3v) is 3.11. The van der Waals surface area contributed by atoms with Gasteiger partial charge in [-0.25, -0.2) is 9.97 Å². The van der Waals surface area contributed by atoms with Crippen molar-refractivity contribution < 1.29 is 0 Å². The highest BCUT2D eigenvalue weighted by atomic mass is 32.2. The average Bonchev–Trinajstić information content (AvgIpc) is 2.11. The molecule has 4 heteroatoms. The molecule has 1 rings (SSSR count). The highest BCUT2D eigenvalue weighted by Crippen LogP contribution is 2.28. The van der Waals surface area contributed by atoms with Gasteiger partial charge in [-0.05, 0) is 6.92 Å². The lowest BCUT2D eigenvalue weighted by Crippen LogP contribution is -2.06. The van der Waals surface area contributed by atoms with E-state index in [0.717, 1.165) is 16.4 Å². The first-order valence-electron chi connectivity index (χ1n) is 5.22. The molecular formula is C11H19N3S. The van der Waals surface area contributed by atoms with Crippen LogP contribution in [0.5, 0.6) is 0 Å². The number of aromatic nitrogens is 2. The predicted molar refractivity (Wildman–Crippen MR) is 66.3 cm³/mol. The first-order valence-corrected chi connectivity index (χ1v) is 6.10. The maximum Gasteiger partial charge on any atom is 0.134 e. The van der Waals surface area contributed by atoms with Crippen molar-refractivity contribution in [1.29, 1.82) is 0 Å². The van der Waals surface area contributed by atoms with Crippen molar-refractivity contribution in [3.05, 3.63) is 11.4 Å². The van der Waals surface area contributed by atoms with Crippen molar-refractivity contribution in [2.75, 3.05) is 5.73 Å². The van der Waals surface area contributed by atoms with Gasteiger partial charge in [0, 0.05) is 16.7 Å². The van der Waals surface area contributed by atoms with E-state index in [1.54, 1.807) is 11.8 Å². The fourth-order valence-corrected chi connectivity index (χ4v) is 2.00. The highest BCUT2D eigenvalue weighted by Gasteiger charge is 2.12. The standard InChI is InChI=1S/C11H19N3S/c1-6(2)10-13-9(12)8(5)11(14-10)15-7(3)4/h6-7H,1-5H3,(H2,12,13,14). The predicted octanol–water partition coefficient (Wildman–Crippen LogP) is 2.99. The lowest BCUT2D eigenvalue weighted by Gasteiger charge is -2.12. The Labute approximate surface area is 95.9 Å². The van der Waals surface area contributed by atoms with Gasteiger partial charge < -0.3 is 5.73 Å². The quantitative estimate of drug-likeness (QED) is 0.634. The molecule has 0 aliphatic carbocycles. The number of nitrogen functional groups attached to an aromatic ring is 1. The largest absolute Gasteiger partial charge is 0.383 e. The summed E-state index contributed by atoms with van der Waals surface area (Å²) in [5, 5.41) is 1.53. The Hall–Kier alpha value is -0.770. The third-order valence-electron chi connectivity index (χ3n) is 2.02. The molecule has 0 amide bonds. The number of nitrogens with two attached hydrogens (primary N) is 1. The fourth-order valence-electron chi connectivity index (χ4n) is 1.13. The van der Waals surface area contributed by atoms with Gasteiger partial charge in [0.2, 0.25) is 0 Å². The summed E-state index contributed by atoms with van der Waals surface area (Å²) in [4.78, 5) is 8.84. The van der Waals surface area contributed by atoms with Crippen molar-refractivity contribution in [3.63, 3.8) is 0 Å². The molecule has 1 aromatic heterocycles. The Kier molecular flexibility index (Phi) is 3.97. The Morgan fingerprint density at radius 3 is 2.20 bits per heavy atom. The van der Waals surface area contributed by atoms with E-state index in [1.165, 1.54) is 0 Å². The maximum atomic E-state index is 5.87. The Morgan fingerprint density at radius 2 is 1.73 bits per heavy atom. The van der Waals surface area contributed by atoms with E-state index in [-0.39, 0.29) is 0 Å². The topological polar surface area (TPSA) is 51.8 Å². The van der Waals surface area contributed by atoms with Crippen LogP contribution in [0.2, 0.25) is 0 Å². The lowest BCUT2D eigenvalue weighted by molar-refractivity contribution is 0.750. The Bertz CT molecular complexity index is 348. The molecule has 0 radical (unpaired) electrons. The van der Waals surface area contributed by atoms with Crippen molar-refractivity contribution in [3.8, 4) is 0 Å². The molecule has 0 spiro atoms. The number of thioether (sulfide) groups is 1. The van der Waals surface area contributed by atoms with Gasteiger partial charge in [0.15, 0.2) is 0 Å². The average molecular weight is 225 g/mol. The second-order valence-electron chi connectivity index (χ2n) is 4.22. The summed E-state index contributed by atoms with van der Waals surface area (Å²) in [5.41, 5.74) is 6.87. The molecule has 0 atom stereocenters. The highest BCUT2D eigenvalue weighted by molar-refractivity contribution is 7.99. The summed E-state index contributed by atoms with van der Waals surface area (Å²) in [6.07, 6.45) is 0. The number of hydrogen-bond donors (Lipinski definition) is 1. The van der Waals surface area contributed by atoms with Crippen molar-refractivity contribution in [2.24, 2.45) is 0 Å². The summed E-state index contributed by atoms with van der Waals surface area (Å²) in [6, 6.07) is 0. The lowest BCUT2D eigenvalue weighted by atomic mass is 10.2. The minimum absolute atomic E-state index is 0.319. The van der Waals surface area contributed by atoms with E-state index < -0.39 is 0 Å². The molecule has 0 saturated heterocycles. The normalized spacial score (nSPS) is 11.4. The molecule has 15 heavy (non-hydrogen) atoms. The van der Waals surface area contributed by atoms with Crippen LogP contribution in [0.3, 0.4) is 0 Å². The van der Waals surface area contributed by atoms with E-state index in [1.807, 2.05) is 6.92 Å². The van der Waals surface area contributed by atoms with Crippen molar-refractivity contribution in [1.82, 2.24) is 9.97 Å². The number of hydrogen-bond acceptors (Lipinski definition) is 4.